The molecular weight excluding hydrogens is 212 g/mol. The van der Waals surface area contributed by atoms with Gasteiger partial charge in [0.25, 0.3) is 0 Å². The molecule has 3 nitrogen and oxygen atoms in total. The number of likely N-dealkylation sites (N-methyl/N-ethyl adjacent to an activating group) is 1. The quantitative estimate of drug-likeness (QED) is 0.820. The predicted molar refractivity (Wildman–Crippen MR) is 72.0 cm³/mol. The van der Waals surface area contributed by atoms with Crippen molar-refractivity contribution in [2.75, 3.05) is 25.5 Å². The van der Waals surface area contributed by atoms with Gasteiger partial charge in [0.1, 0.15) is 0 Å². The second-order valence-corrected chi connectivity index (χ2v) is 4.83. The molecule has 0 atom stereocenters. The van der Waals surface area contributed by atoms with E-state index in [1.807, 2.05) is 37.4 Å². The minimum Gasteiger partial charge on any atom is -0.325 e. The van der Waals surface area contributed by atoms with E-state index >= 15 is 0 Å². The van der Waals surface area contributed by atoms with Crippen LogP contribution in [0, 0.1) is 5.92 Å². The van der Waals surface area contributed by atoms with Crippen molar-refractivity contribution in [2.24, 2.45) is 5.92 Å². The van der Waals surface area contributed by atoms with E-state index in [1.165, 1.54) is 0 Å². The van der Waals surface area contributed by atoms with Crippen molar-refractivity contribution >= 4 is 11.6 Å². The summed E-state index contributed by atoms with van der Waals surface area (Å²) >= 11 is 0. The molecule has 0 saturated carbocycles. The third-order valence-electron chi connectivity index (χ3n) is 2.56. The van der Waals surface area contributed by atoms with Crippen molar-refractivity contribution in [1.82, 2.24) is 4.90 Å². The second kappa shape index (κ2) is 7.07. The van der Waals surface area contributed by atoms with Gasteiger partial charge in [0.15, 0.2) is 0 Å². The Morgan fingerprint density at radius 1 is 1.29 bits per heavy atom. The van der Waals surface area contributed by atoms with Gasteiger partial charge in [-0.15, -0.1) is 0 Å². The monoisotopic (exact) mass is 234 g/mol. The second-order valence-electron chi connectivity index (χ2n) is 4.83. The molecule has 0 aliphatic carbocycles. The number of amides is 1. The van der Waals surface area contributed by atoms with Crippen molar-refractivity contribution in [2.45, 2.75) is 20.3 Å². The standard InChI is InChI=1S/C14H22N2O/c1-12(2)9-10-16(3)11-14(17)15-13-7-5-4-6-8-13/h4-8,12H,9-11H2,1-3H3,(H,15,17). The third-order valence-corrected chi connectivity index (χ3v) is 2.56. The van der Waals surface area contributed by atoms with Crippen molar-refractivity contribution in [3.8, 4) is 0 Å². The van der Waals surface area contributed by atoms with E-state index in [9.17, 15) is 4.79 Å². The Kier molecular flexibility index (Phi) is 5.70. The lowest BCUT2D eigenvalue weighted by molar-refractivity contribution is -0.117. The normalized spacial score (nSPS) is 10.9. The zero-order chi connectivity index (χ0) is 12.7. The third kappa shape index (κ3) is 6.07. The molecule has 0 radical (unpaired) electrons. The molecule has 0 spiro atoms. The number of carbonyl (C=O) groups excluding carboxylic acids is 1. The minimum absolute atomic E-state index is 0.0439. The van der Waals surface area contributed by atoms with Crippen LogP contribution in [0.1, 0.15) is 20.3 Å². The van der Waals surface area contributed by atoms with Gasteiger partial charge in [0.2, 0.25) is 5.91 Å². The fraction of sp³-hybridized carbons (Fsp3) is 0.500. The summed E-state index contributed by atoms with van der Waals surface area (Å²) < 4.78 is 0. The van der Waals surface area contributed by atoms with Gasteiger partial charge >= 0.3 is 0 Å². The molecule has 1 rings (SSSR count). The summed E-state index contributed by atoms with van der Waals surface area (Å²) in [5, 5.41) is 2.88. The lowest BCUT2D eigenvalue weighted by atomic mass is 10.1. The van der Waals surface area contributed by atoms with Crippen LogP contribution >= 0.6 is 0 Å². The van der Waals surface area contributed by atoms with Crippen LogP contribution in [0.15, 0.2) is 30.3 Å². The maximum absolute atomic E-state index is 11.7. The van der Waals surface area contributed by atoms with Gasteiger partial charge in [-0.2, -0.15) is 0 Å². The zero-order valence-electron chi connectivity index (χ0n) is 10.9. The van der Waals surface area contributed by atoms with Crippen molar-refractivity contribution < 1.29 is 4.79 Å². The molecule has 1 amide bonds. The fourth-order valence-corrected chi connectivity index (χ4v) is 1.52. The van der Waals surface area contributed by atoms with Gasteiger partial charge in [-0.05, 0) is 38.1 Å². The first kappa shape index (κ1) is 13.7. The number of benzene rings is 1. The summed E-state index contributed by atoms with van der Waals surface area (Å²) in [4.78, 5) is 13.8. The van der Waals surface area contributed by atoms with Crippen LogP contribution in [0.2, 0.25) is 0 Å². The first-order valence-electron chi connectivity index (χ1n) is 6.11. The maximum atomic E-state index is 11.7. The Morgan fingerprint density at radius 2 is 1.94 bits per heavy atom. The number of nitrogens with one attached hydrogen (secondary N) is 1. The average Bonchev–Trinajstić information content (AvgIpc) is 2.27. The number of hydrogen-bond donors (Lipinski definition) is 1. The highest BCUT2D eigenvalue weighted by molar-refractivity contribution is 5.92. The van der Waals surface area contributed by atoms with E-state index in [-0.39, 0.29) is 5.91 Å². The molecule has 3 heteroatoms. The topological polar surface area (TPSA) is 32.3 Å². The molecule has 1 aromatic rings. The van der Waals surface area contributed by atoms with Crippen molar-refractivity contribution in [3.05, 3.63) is 30.3 Å². The van der Waals surface area contributed by atoms with Crippen LogP contribution < -0.4 is 5.32 Å². The molecule has 0 heterocycles. The lowest BCUT2D eigenvalue weighted by Crippen LogP contribution is -2.31. The molecular formula is C14H22N2O. The van der Waals surface area contributed by atoms with Gasteiger partial charge in [-0.25, -0.2) is 0 Å². The Hall–Kier alpha value is -1.35. The Morgan fingerprint density at radius 3 is 2.53 bits per heavy atom. The molecule has 0 aromatic heterocycles. The molecule has 0 unspecified atom stereocenters. The smallest absolute Gasteiger partial charge is 0.238 e. The first-order valence-corrected chi connectivity index (χ1v) is 6.11. The number of hydrogen-bond acceptors (Lipinski definition) is 2. The molecule has 0 bridgehead atoms. The molecule has 0 aliphatic heterocycles. The molecule has 1 aromatic carbocycles. The molecule has 0 fully saturated rings. The molecule has 94 valence electrons. The number of para-hydroxylation sites is 1. The van der Waals surface area contributed by atoms with Crippen LogP contribution in [-0.4, -0.2) is 30.9 Å². The van der Waals surface area contributed by atoms with Crippen LogP contribution in [0.5, 0.6) is 0 Å². The summed E-state index contributed by atoms with van der Waals surface area (Å²) in [5.41, 5.74) is 0.856. The maximum Gasteiger partial charge on any atom is 0.238 e. The molecule has 0 saturated heterocycles. The SMILES string of the molecule is CC(C)CCN(C)CC(=O)Nc1ccccc1. The Balaban J connectivity index is 2.29. The van der Waals surface area contributed by atoms with Crippen LogP contribution in [0.4, 0.5) is 5.69 Å². The van der Waals surface area contributed by atoms with Crippen LogP contribution in [-0.2, 0) is 4.79 Å². The Labute approximate surface area is 104 Å². The van der Waals surface area contributed by atoms with E-state index in [1.54, 1.807) is 0 Å². The number of anilines is 1. The van der Waals surface area contributed by atoms with E-state index in [4.69, 9.17) is 0 Å². The summed E-state index contributed by atoms with van der Waals surface area (Å²) in [5.74, 6) is 0.720. The van der Waals surface area contributed by atoms with Gasteiger partial charge in [-0.3, -0.25) is 9.69 Å². The molecule has 0 aliphatic rings. The largest absolute Gasteiger partial charge is 0.325 e. The van der Waals surface area contributed by atoms with E-state index in [2.05, 4.69) is 24.1 Å². The summed E-state index contributed by atoms with van der Waals surface area (Å²) in [6.07, 6.45) is 1.12. The van der Waals surface area contributed by atoms with Gasteiger partial charge in [-0.1, -0.05) is 32.0 Å². The predicted octanol–water partition coefficient (Wildman–Crippen LogP) is 2.60. The number of rotatable bonds is 6. The first-order chi connectivity index (χ1) is 8.08. The lowest BCUT2D eigenvalue weighted by Gasteiger charge is -2.17. The zero-order valence-corrected chi connectivity index (χ0v) is 10.9. The minimum atomic E-state index is 0.0439. The highest BCUT2D eigenvalue weighted by Gasteiger charge is 2.07. The van der Waals surface area contributed by atoms with E-state index < -0.39 is 0 Å². The average molecular weight is 234 g/mol. The highest BCUT2D eigenvalue weighted by Crippen LogP contribution is 2.05. The number of carbonyl (C=O) groups is 1. The number of nitrogens with zero attached hydrogens (tertiary/aromatic N) is 1. The summed E-state index contributed by atoms with van der Waals surface area (Å²) in [6, 6.07) is 9.55. The van der Waals surface area contributed by atoms with E-state index in [0.29, 0.717) is 12.5 Å². The van der Waals surface area contributed by atoms with Crippen molar-refractivity contribution in [3.63, 3.8) is 0 Å². The van der Waals surface area contributed by atoms with Crippen molar-refractivity contribution in [1.29, 1.82) is 0 Å². The highest BCUT2D eigenvalue weighted by atomic mass is 16.2. The van der Waals surface area contributed by atoms with Gasteiger partial charge in [0.05, 0.1) is 6.54 Å². The molecule has 1 N–H and O–H groups in total. The molecule has 17 heavy (non-hydrogen) atoms. The van der Waals surface area contributed by atoms with E-state index in [0.717, 1.165) is 18.7 Å². The van der Waals surface area contributed by atoms with Crippen LogP contribution in [0.25, 0.3) is 0 Å². The fourth-order valence-electron chi connectivity index (χ4n) is 1.52. The Bertz CT molecular complexity index is 335. The van der Waals surface area contributed by atoms with Crippen LogP contribution in [0.3, 0.4) is 0 Å². The van der Waals surface area contributed by atoms with Gasteiger partial charge in [0, 0.05) is 5.69 Å². The van der Waals surface area contributed by atoms with Gasteiger partial charge < -0.3 is 5.32 Å². The summed E-state index contributed by atoms with van der Waals surface area (Å²) in [6.45, 7) is 5.79. The summed E-state index contributed by atoms with van der Waals surface area (Å²) in [7, 11) is 1.98.